The monoisotopic (exact) mass is 378 g/mol. The van der Waals surface area contributed by atoms with Gasteiger partial charge in [0.2, 0.25) is 0 Å². The molecule has 8 atom stereocenters. The van der Waals surface area contributed by atoms with Crippen molar-refractivity contribution in [3.05, 3.63) is 0 Å². The second-order valence-electron chi connectivity index (χ2n) is 10.3. The zero-order chi connectivity index (χ0) is 18.1. The van der Waals surface area contributed by atoms with Crippen LogP contribution in [0.25, 0.3) is 0 Å². The third kappa shape index (κ3) is 2.38. The predicted molar refractivity (Wildman–Crippen MR) is 99.9 cm³/mol. The highest BCUT2D eigenvalue weighted by molar-refractivity contribution is 6.61. The van der Waals surface area contributed by atoms with Crippen molar-refractivity contribution >= 4 is 22.8 Å². The Hall–Kier alpha value is -0.570. The zero-order valence-corrected chi connectivity index (χ0v) is 16.6. The van der Waals surface area contributed by atoms with E-state index >= 15 is 0 Å². The van der Waals surface area contributed by atoms with Crippen molar-refractivity contribution in [2.24, 2.45) is 40.4 Å². The van der Waals surface area contributed by atoms with Crippen molar-refractivity contribution in [2.45, 2.75) is 83.7 Å². The molecular weight excluding hydrogens is 348 g/mol. The van der Waals surface area contributed by atoms with Crippen LogP contribution in [0.4, 0.5) is 4.79 Å². The van der Waals surface area contributed by atoms with Crippen LogP contribution in [0.1, 0.15) is 77.6 Å². The fourth-order valence-electron chi connectivity index (χ4n) is 8.76. The van der Waals surface area contributed by atoms with Gasteiger partial charge in [-0.15, -0.1) is 0 Å². The molecule has 5 rings (SSSR count). The smallest absolute Gasteiger partial charge is 0.404 e. The summed E-state index contributed by atoms with van der Waals surface area (Å²) in [7, 11) is 0. The van der Waals surface area contributed by atoms with Crippen molar-refractivity contribution in [2.75, 3.05) is 0 Å². The van der Waals surface area contributed by atoms with Gasteiger partial charge in [-0.1, -0.05) is 13.3 Å². The topological polar surface area (TPSA) is 43.4 Å². The fraction of sp³-hybridized carbons (Fsp3) is 0.909. The second-order valence-corrected chi connectivity index (χ2v) is 10.7. The number of Topliss-reactive ketones (excluding diaryl/α,β-unsaturated/α-hetero) is 1. The molecule has 4 heteroatoms. The van der Waals surface area contributed by atoms with Gasteiger partial charge in [0.15, 0.2) is 0 Å². The standard InChI is InChI=1S/C22H31ClO3/c1-21-9-6-16-15(17(21)4-5-18(21)24)7-10-22-8-2-3-13(19(16)22)11-14(12-22)26-20(23)25/h13-17,19H,2-12H2,1H3/t13?,14?,15-,16+,17+,19?,21+,22?/m1/s1. The van der Waals surface area contributed by atoms with Crippen molar-refractivity contribution in [1.29, 1.82) is 0 Å². The zero-order valence-electron chi connectivity index (χ0n) is 15.8. The summed E-state index contributed by atoms with van der Waals surface area (Å²) in [4.78, 5) is 23.9. The molecule has 26 heavy (non-hydrogen) atoms. The van der Waals surface area contributed by atoms with Gasteiger partial charge in [-0.25, -0.2) is 4.79 Å². The molecule has 0 N–H and O–H groups in total. The van der Waals surface area contributed by atoms with Gasteiger partial charge in [0.05, 0.1) is 0 Å². The van der Waals surface area contributed by atoms with Crippen LogP contribution in [0.5, 0.6) is 0 Å². The summed E-state index contributed by atoms with van der Waals surface area (Å²) in [6, 6.07) is 0. The molecule has 144 valence electrons. The quantitative estimate of drug-likeness (QED) is 0.547. The highest BCUT2D eigenvalue weighted by Crippen LogP contribution is 2.68. The van der Waals surface area contributed by atoms with E-state index in [-0.39, 0.29) is 11.5 Å². The maximum Gasteiger partial charge on any atom is 0.404 e. The van der Waals surface area contributed by atoms with Crippen molar-refractivity contribution in [3.63, 3.8) is 0 Å². The van der Waals surface area contributed by atoms with E-state index in [1.54, 1.807) is 0 Å². The van der Waals surface area contributed by atoms with Gasteiger partial charge >= 0.3 is 5.43 Å². The molecule has 0 aromatic rings. The van der Waals surface area contributed by atoms with E-state index in [2.05, 4.69) is 6.92 Å². The minimum atomic E-state index is -0.630. The highest BCUT2D eigenvalue weighted by Gasteiger charge is 2.62. The molecular formula is C22H31ClO3. The van der Waals surface area contributed by atoms with Gasteiger partial charge in [-0.05, 0) is 92.8 Å². The maximum atomic E-state index is 12.6. The lowest BCUT2D eigenvalue weighted by Crippen LogP contribution is -2.58. The van der Waals surface area contributed by atoms with Gasteiger partial charge in [-0.3, -0.25) is 4.79 Å². The number of carbonyl (C=O) groups excluding carboxylic acids is 2. The maximum absolute atomic E-state index is 12.6. The van der Waals surface area contributed by atoms with Crippen LogP contribution >= 0.6 is 11.6 Å². The summed E-state index contributed by atoms with van der Waals surface area (Å²) in [5.41, 5.74) is -0.281. The summed E-state index contributed by atoms with van der Waals surface area (Å²) >= 11 is 5.55. The first-order valence-electron chi connectivity index (χ1n) is 10.8. The van der Waals surface area contributed by atoms with Crippen LogP contribution in [-0.2, 0) is 9.53 Å². The molecule has 0 saturated heterocycles. The van der Waals surface area contributed by atoms with Crippen LogP contribution in [0.15, 0.2) is 0 Å². The second kappa shape index (κ2) is 5.96. The lowest BCUT2D eigenvalue weighted by molar-refractivity contribution is -0.164. The molecule has 5 fully saturated rings. The molecule has 0 amide bonds. The molecule has 0 heterocycles. The lowest BCUT2D eigenvalue weighted by Gasteiger charge is -2.64. The minimum Gasteiger partial charge on any atom is -0.450 e. The normalized spacial score (nSPS) is 52.6. The first kappa shape index (κ1) is 17.5. The van der Waals surface area contributed by atoms with Crippen LogP contribution in [0, 0.1) is 40.4 Å². The molecule has 5 aliphatic carbocycles. The lowest BCUT2D eigenvalue weighted by atomic mass is 9.41. The van der Waals surface area contributed by atoms with E-state index in [0.717, 1.165) is 49.9 Å². The molecule has 0 aliphatic heterocycles. The average Bonchev–Trinajstić information content (AvgIpc) is 2.88. The summed E-state index contributed by atoms with van der Waals surface area (Å²) in [5.74, 6) is 4.20. The highest BCUT2D eigenvalue weighted by atomic mass is 35.5. The summed E-state index contributed by atoms with van der Waals surface area (Å²) in [5, 5.41) is 0. The largest absolute Gasteiger partial charge is 0.450 e. The van der Waals surface area contributed by atoms with Crippen LogP contribution < -0.4 is 0 Å². The molecule has 0 aromatic heterocycles. The van der Waals surface area contributed by atoms with Crippen molar-refractivity contribution < 1.29 is 14.3 Å². The number of halogens is 1. The number of carbonyl (C=O) groups is 2. The van der Waals surface area contributed by atoms with Gasteiger partial charge in [0.1, 0.15) is 11.9 Å². The number of hydrogen-bond acceptors (Lipinski definition) is 3. The van der Waals surface area contributed by atoms with E-state index < -0.39 is 5.43 Å². The SMILES string of the molecule is C[C@]12CC[C@@H]3C4C5CCCC4(CC[C@H]3[C@@H]1CCC2=O)CC(OC(=O)Cl)C5. The first-order chi connectivity index (χ1) is 12.4. The average molecular weight is 379 g/mol. The summed E-state index contributed by atoms with van der Waals surface area (Å²) < 4.78 is 5.49. The molecule has 5 aliphatic rings. The molecule has 0 spiro atoms. The molecule has 0 aromatic carbocycles. The Morgan fingerprint density at radius 2 is 1.92 bits per heavy atom. The summed E-state index contributed by atoms with van der Waals surface area (Å²) in [6.07, 6.45) is 12.8. The predicted octanol–water partition coefficient (Wildman–Crippen LogP) is 5.73. The summed E-state index contributed by atoms with van der Waals surface area (Å²) in [6.45, 7) is 2.27. The molecule has 5 saturated carbocycles. The Balaban J connectivity index is 1.44. The molecule has 3 nitrogen and oxygen atoms in total. The van der Waals surface area contributed by atoms with Crippen LogP contribution in [-0.4, -0.2) is 17.3 Å². The molecule has 4 unspecified atom stereocenters. The Kier molecular flexibility index (Phi) is 4.02. The Morgan fingerprint density at radius 1 is 1.12 bits per heavy atom. The van der Waals surface area contributed by atoms with Gasteiger partial charge < -0.3 is 4.74 Å². The van der Waals surface area contributed by atoms with E-state index in [1.165, 1.54) is 38.5 Å². The number of ketones is 1. The number of hydrogen-bond donors (Lipinski definition) is 0. The fourth-order valence-corrected chi connectivity index (χ4v) is 8.89. The van der Waals surface area contributed by atoms with Gasteiger partial charge in [0.25, 0.3) is 0 Å². The number of rotatable bonds is 1. The van der Waals surface area contributed by atoms with Gasteiger partial charge in [0, 0.05) is 23.4 Å². The minimum absolute atomic E-state index is 0.0217. The van der Waals surface area contributed by atoms with E-state index in [1.807, 2.05) is 0 Å². The number of fused-ring (bicyclic) bond motifs is 3. The molecule has 2 bridgehead atoms. The van der Waals surface area contributed by atoms with Gasteiger partial charge in [-0.2, -0.15) is 0 Å². The van der Waals surface area contributed by atoms with Crippen molar-refractivity contribution in [1.82, 2.24) is 0 Å². The van der Waals surface area contributed by atoms with E-state index in [9.17, 15) is 9.59 Å². The van der Waals surface area contributed by atoms with Crippen molar-refractivity contribution in [3.8, 4) is 0 Å². The van der Waals surface area contributed by atoms with Crippen LogP contribution in [0.2, 0.25) is 0 Å². The first-order valence-corrected chi connectivity index (χ1v) is 11.2. The Bertz CT molecular complexity index is 633. The Labute approximate surface area is 161 Å². The Morgan fingerprint density at radius 3 is 2.73 bits per heavy atom. The number of ether oxygens (including phenoxy) is 1. The molecule has 0 radical (unpaired) electrons. The van der Waals surface area contributed by atoms with E-state index in [4.69, 9.17) is 16.3 Å². The van der Waals surface area contributed by atoms with E-state index in [0.29, 0.717) is 23.0 Å². The van der Waals surface area contributed by atoms with Crippen LogP contribution in [0.3, 0.4) is 0 Å². The third-order valence-electron chi connectivity index (χ3n) is 9.56. The third-order valence-corrected chi connectivity index (χ3v) is 9.65.